The average molecular weight is 447 g/mol. The van der Waals surface area contributed by atoms with Gasteiger partial charge in [-0.2, -0.15) is 0 Å². The highest BCUT2D eigenvalue weighted by atomic mass is 28.4. The summed E-state index contributed by atoms with van der Waals surface area (Å²) in [5, 5.41) is 41.4. The molecule has 0 aromatic heterocycles. The van der Waals surface area contributed by atoms with Crippen molar-refractivity contribution in [3.8, 4) is 0 Å². The molecule has 4 N–H and O–H groups in total. The summed E-state index contributed by atoms with van der Waals surface area (Å²) in [5.74, 6) is -0.810. The van der Waals surface area contributed by atoms with Gasteiger partial charge in [0.15, 0.2) is 12.2 Å². The number of aliphatic hydroxyl groups excluding tert-OH is 4. The summed E-state index contributed by atoms with van der Waals surface area (Å²) >= 11 is 0. The highest BCUT2D eigenvalue weighted by Gasteiger charge is 2.57. The number of cyclic esters (lactones) is 1. The molecular formula is C23H30O7Si. The first-order valence-electron chi connectivity index (χ1n) is 10.3. The number of carbonyl (C=O) groups is 1. The smallest absolute Gasteiger partial charge is 0.337 e. The molecule has 1 aliphatic heterocycles. The fraction of sp³-hybridized carbons (Fsp3) is 0.435. The van der Waals surface area contributed by atoms with Crippen LogP contribution in [-0.4, -0.2) is 71.8 Å². The summed E-state index contributed by atoms with van der Waals surface area (Å²) in [5.41, 5.74) is 0. The maximum atomic E-state index is 12.7. The highest BCUT2D eigenvalue weighted by molar-refractivity contribution is 6.99. The molecule has 5 atom stereocenters. The van der Waals surface area contributed by atoms with Crippen molar-refractivity contribution in [2.45, 2.75) is 56.3 Å². The molecule has 1 heterocycles. The van der Waals surface area contributed by atoms with E-state index in [0.717, 1.165) is 10.4 Å². The van der Waals surface area contributed by atoms with Crippen molar-refractivity contribution in [3.05, 3.63) is 60.7 Å². The summed E-state index contributed by atoms with van der Waals surface area (Å²) in [6, 6.07) is 19.3. The number of hydrogen-bond donors (Lipinski definition) is 4. The molecule has 168 valence electrons. The second-order valence-corrected chi connectivity index (χ2v) is 13.1. The van der Waals surface area contributed by atoms with Gasteiger partial charge in [0.1, 0.15) is 18.3 Å². The first-order valence-corrected chi connectivity index (χ1v) is 12.2. The lowest BCUT2D eigenvalue weighted by molar-refractivity contribution is -0.154. The number of rotatable bonds is 7. The molecule has 1 aliphatic rings. The Hall–Kier alpha value is -2.07. The van der Waals surface area contributed by atoms with E-state index in [0.29, 0.717) is 0 Å². The van der Waals surface area contributed by atoms with E-state index in [-0.39, 0.29) is 0 Å². The van der Waals surface area contributed by atoms with E-state index in [9.17, 15) is 20.1 Å². The Balaban J connectivity index is 2.09. The Morgan fingerprint density at radius 1 is 1.00 bits per heavy atom. The van der Waals surface area contributed by atoms with E-state index in [1.54, 1.807) is 0 Å². The fourth-order valence-electron chi connectivity index (χ4n) is 4.18. The van der Waals surface area contributed by atoms with Crippen LogP contribution in [-0.2, 0) is 14.0 Å². The normalized spacial score (nSPS) is 24.0. The van der Waals surface area contributed by atoms with Crippen LogP contribution >= 0.6 is 0 Å². The minimum absolute atomic E-state index is 0.434. The minimum atomic E-state index is -3.15. The van der Waals surface area contributed by atoms with Crippen LogP contribution in [0.25, 0.3) is 0 Å². The van der Waals surface area contributed by atoms with Crippen LogP contribution in [0.3, 0.4) is 0 Å². The monoisotopic (exact) mass is 446 g/mol. The van der Waals surface area contributed by atoms with Crippen molar-refractivity contribution in [1.29, 1.82) is 0 Å². The Kier molecular flexibility index (Phi) is 7.00. The molecule has 2 aromatic carbocycles. The second-order valence-electron chi connectivity index (χ2n) is 8.83. The van der Waals surface area contributed by atoms with Crippen molar-refractivity contribution in [1.82, 2.24) is 0 Å². The van der Waals surface area contributed by atoms with Crippen LogP contribution in [0.2, 0.25) is 5.04 Å². The van der Waals surface area contributed by atoms with Crippen molar-refractivity contribution >= 4 is 24.7 Å². The zero-order valence-electron chi connectivity index (χ0n) is 17.9. The van der Waals surface area contributed by atoms with E-state index in [4.69, 9.17) is 14.3 Å². The zero-order valence-corrected chi connectivity index (χ0v) is 18.9. The number of carbonyl (C=O) groups excluding carboxylic acids is 1. The number of benzene rings is 2. The van der Waals surface area contributed by atoms with Gasteiger partial charge >= 0.3 is 5.97 Å². The number of hydrogen-bond acceptors (Lipinski definition) is 7. The second kappa shape index (κ2) is 9.19. The molecule has 1 fully saturated rings. The van der Waals surface area contributed by atoms with Gasteiger partial charge in [0, 0.05) is 0 Å². The predicted octanol–water partition coefficient (Wildman–Crippen LogP) is -0.0680. The van der Waals surface area contributed by atoms with Gasteiger partial charge in [0.25, 0.3) is 8.32 Å². The number of ether oxygens (including phenoxy) is 1. The minimum Gasteiger partial charge on any atom is -0.455 e. The zero-order chi connectivity index (χ0) is 22.8. The van der Waals surface area contributed by atoms with E-state index in [1.165, 1.54) is 0 Å². The third-order valence-electron chi connectivity index (χ3n) is 5.77. The van der Waals surface area contributed by atoms with Crippen molar-refractivity contribution in [3.63, 3.8) is 0 Å². The van der Waals surface area contributed by atoms with Crippen molar-refractivity contribution in [2.24, 2.45) is 0 Å². The van der Waals surface area contributed by atoms with Gasteiger partial charge in [-0.3, -0.25) is 0 Å². The van der Waals surface area contributed by atoms with Gasteiger partial charge in [-0.15, -0.1) is 0 Å². The molecule has 0 aliphatic carbocycles. The molecule has 0 amide bonds. The molecular weight excluding hydrogens is 416 g/mol. The summed E-state index contributed by atoms with van der Waals surface area (Å²) < 4.78 is 11.8. The van der Waals surface area contributed by atoms with Crippen LogP contribution in [0.5, 0.6) is 0 Å². The summed E-state index contributed by atoms with van der Waals surface area (Å²) in [7, 11) is -3.15. The lowest BCUT2D eigenvalue weighted by atomic mass is 10.0. The molecule has 7 nitrogen and oxygen atoms in total. The van der Waals surface area contributed by atoms with Gasteiger partial charge in [-0.1, -0.05) is 81.4 Å². The van der Waals surface area contributed by atoms with Crippen LogP contribution in [0.15, 0.2) is 60.7 Å². The first-order chi connectivity index (χ1) is 14.6. The molecule has 0 saturated carbocycles. The van der Waals surface area contributed by atoms with E-state index in [1.807, 2.05) is 81.4 Å². The molecule has 8 heteroatoms. The molecule has 1 saturated heterocycles. The first kappa shape index (κ1) is 23.6. The Labute approximate surface area is 183 Å². The molecule has 0 spiro atoms. The van der Waals surface area contributed by atoms with Crippen LogP contribution < -0.4 is 10.4 Å². The van der Waals surface area contributed by atoms with Crippen molar-refractivity contribution in [2.75, 3.05) is 6.61 Å². The third kappa shape index (κ3) is 4.32. The van der Waals surface area contributed by atoms with Gasteiger partial charge in [-0.05, 0) is 15.4 Å². The maximum absolute atomic E-state index is 12.7. The Morgan fingerprint density at radius 3 is 1.90 bits per heavy atom. The number of esters is 1. The van der Waals surface area contributed by atoms with E-state index >= 15 is 0 Å². The van der Waals surface area contributed by atoms with Gasteiger partial charge in [-0.25, -0.2) is 4.79 Å². The van der Waals surface area contributed by atoms with Crippen LogP contribution in [0.1, 0.15) is 20.8 Å². The van der Waals surface area contributed by atoms with Gasteiger partial charge in [0.05, 0.1) is 6.61 Å². The molecule has 3 rings (SSSR count). The molecule has 2 aromatic rings. The fourth-order valence-corrected chi connectivity index (χ4v) is 8.81. The lowest BCUT2D eigenvalue weighted by Crippen LogP contribution is -2.69. The molecule has 0 unspecified atom stereocenters. The summed E-state index contributed by atoms with van der Waals surface area (Å²) in [4.78, 5) is 12.7. The highest BCUT2D eigenvalue weighted by Crippen LogP contribution is 2.39. The molecule has 31 heavy (non-hydrogen) atoms. The lowest BCUT2D eigenvalue weighted by Gasteiger charge is -2.44. The SMILES string of the molecule is CC(C)(C)[Si](O[C@H]1C(=O)O[C@@H]([C@H](O)[C@@H](O)CO)[C@H]1O)(c1ccccc1)c1ccccc1. The topological polar surface area (TPSA) is 116 Å². The summed E-state index contributed by atoms with van der Waals surface area (Å²) in [6.07, 6.45) is -7.46. The predicted molar refractivity (Wildman–Crippen MR) is 117 cm³/mol. The van der Waals surface area contributed by atoms with Crippen LogP contribution in [0.4, 0.5) is 0 Å². The third-order valence-corrected chi connectivity index (χ3v) is 10.8. The standard InChI is InChI=1S/C23H30O7Si/c1-23(2,3)31(15-10-6-4-7-11-15,16-12-8-5-9-13-16)30-21-19(27)20(29-22(21)28)18(26)17(25)14-24/h4-13,17-21,24-27H,14H2,1-3H3/t17-,18+,19+,20-,21+/m0/s1. The van der Waals surface area contributed by atoms with Gasteiger partial charge < -0.3 is 29.6 Å². The maximum Gasteiger partial charge on any atom is 0.337 e. The average Bonchev–Trinajstić information content (AvgIpc) is 3.04. The van der Waals surface area contributed by atoms with E-state index in [2.05, 4.69) is 0 Å². The van der Waals surface area contributed by atoms with Gasteiger partial charge in [0.2, 0.25) is 0 Å². The molecule has 0 radical (unpaired) electrons. The number of aliphatic hydroxyl groups is 4. The van der Waals surface area contributed by atoms with Crippen molar-refractivity contribution < 1.29 is 34.4 Å². The quantitative estimate of drug-likeness (QED) is 0.348. The largest absolute Gasteiger partial charge is 0.455 e. The van der Waals surface area contributed by atoms with E-state index < -0.39 is 56.5 Å². The Bertz CT molecular complexity index is 829. The summed E-state index contributed by atoms with van der Waals surface area (Å²) in [6.45, 7) is 5.37. The Morgan fingerprint density at radius 2 is 1.48 bits per heavy atom. The molecule has 0 bridgehead atoms. The van der Waals surface area contributed by atoms with Crippen LogP contribution in [0, 0.1) is 0 Å².